The second-order valence-corrected chi connectivity index (χ2v) is 4.67. The van der Waals surface area contributed by atoms with Crippen molar-refractivity contribution in [2.75, 3.05) is 13.2 Å². The zero-order valence-corrected chi connectivity index (χ0v) is 12.4. The normalized spacial score (nSPS) is 9.80. The topological polar surface area (TPSA) is 77.8 Å². The SMILES string of the molecule is CCC.O=Cc1cc(CCCO)cc(CCCO)c1O. The summed E-state index contributed by atoms with van der Waals surface area (Å²) in [5.74, 6) is 0.00111. The Morgan fingerprint density at radius 3 is 2.10 bits per heavy atom. The zero-order chi connectivity index (χ0) is 15.4. The van der Waals surface area contributed by atoms with Gasteiger partial charge in [0.1, 0.15) is 5.75 Å². The molecule has 0 aromatic heterocycles. The van der Waals surface area contributed by atoms with E-state index in [1.54, 1.807) is 6.07 Å². The van der Waals surface area contributed by atoms with Gasteiger partial charge in [0.2, 0.25) is 0 Å². The third-order valence-corrected chi connectivity index (χ3v) is 2.63. The van der Waals surface area contributed by atoms with Crippen molar-refractivity contribution in [3.63, 3.8) is 0 Å². The van der Waals surface area contributed by atoms with Crippen molar-refractivity contribution in [2.45, 2.75) is 46.0 Å². The van der Waals surface area contributed by atoms with Gasteiger partial charge in [-0.15, -0.1) is 0 Å². The fourth-order valence-corrected chi connectivity index (χ4v) is 1.76. The summed E-state index contributed by atoms with van der Waals surface area (Å²) in [6.07, 6.45) is 4.26. The minimum Gasteiger partial charge on any atom is -0.507 e. The second-order valence-electron chi connectivity index (χ2n) is 4.67. The second kappa shape index (κ2) is 11.4. The molecule has 20 heavy (non-hydrogen) atoms. The molecule has 1 aromatic carbocycles. The summed E-state index contributed by atoms with van der Waals surface area (Å²) in [6, 6.07) is 3.47. The predicted octanol–water partition coefficient (Wildman–Crippen LogP) is 2.47. The number of aliphatic hydroxyl groups is 2. The third-order valence-electron chi connectivity index (χ3n) is 2.63. The van der Waals surface area contributed by atoms with Crippen LogP contribution in [0.15, 0.2) is 12.1 Å². The maximum atomic E-state index is 10.8. The van der Waals surface area contributed by atoms with E-state index < -0.39 is 0 Å². The van der Waals surface area contributed by atoms with Gasteiger partial charge in [-0.05, 0) is 42.9 Å². The number of aryl methyl sites for hydroxylation is 2. The standard InChI is InChI=1S/C13H18O4.C3H8/c14-5-1-3-10-7-11(4-2-6-15)13(17)12(8-10)9-16;1-3-2/h7-9,14-15,17H,1-6H2;3H2,1-2H3. The summed E-state index contributed by atoms with van der Waals surface area (Å²) >= 11 is 0. The monoisotopic (exact) mass is 282 g/mol. The molecule has 0 aliphatic carbocycles. The molecule has 0 aliphatic rings. The van der Waals surface area contributed by atoms with Gasteiger partial charge in [-0.2, -0.15) is 0 Å². The highest BCUT2D eigenvalue weighted by Gasteiger charge is 2.09. The van der Waals surface area contributed by atoms with E-state index in [1.165, 1.54) is 6.42 Å². The van der Waals surface area contributed by atoms with Crippen LogP contribution in [0.1, 0.15) is 54.6 Å². The van der Waals surface area contributed by atoms with E-state index in [9.17, 15) is 9.90 Å². The van der Waals surface area contributed by atoms with E-state index in [0.717, 1.165) is 5.56 Å². The Labute approximate surface area is 121 Å². The van der Waals surface area contributed by atoms with Gasteiger partial charge in [-0.25, -0.2) is 0 Å². The van der Waals surface area contributed by atoms with E-state index in [4.69, 9.17) is 10.2 Å². The van der Waals surface area contributed by atoms with Gasteiger partial charge >= 0.3 is 0 Å². The number of benzene rings is 1. The summed E-state index contributed by atoms with van der Waals surface area (Å²) in [6.45, 7) is 4.40. The Bertz CT molecular complexity index is 388. The van der Waals surface area contributed by atoms with Gasteiger partial charge in [-0.1, -0.05) is 26.3 Å². The molecule has 0 atom stereocenters. The third kappa shape index (κ3) is 6.68. The molecule has 1 rings (SSSR count). The molecule has 0 amide bonds. The number of hydrogen-bond donors (Lipinski definition) is 3. The van der Waals surface area contributed by atoms with Crippen LogP contribution in [-0.2, 0) is 12.8 Å². The summed E-state index contributed by atoms with van der Waals surface area (Å²) in [7, 11) is 0. The van der Waals surface area contributed by atoms with Gasteiger partial charge < -0.3 is 15.3 Å². The number of carbonyl (C=O) groups excluding carboxylic acids is 1. The Morgan fingerprint density at radius 2 is 1.60 bits per heavy atom. The highest BCUT2D eigenvalue weighted by atomic mass is 16.3. The number of aliphatic hydroxyl groups excluding tert-OH is 2. The van der Waals surface area contributed by atoms with Crippen molar-refractivity contribution in [3.8, 4) is 5.75 Å². The molecule has 0 heterocycles. The molecule has 114 valence electrons. The van der Waals surface area contributed by atoms with Crippen molar-refractivity contribution in [1.82, 2.24) is 0 Å². The Kier molecular flexibility index (Phi) is 10.6. The lowest BCUT2D eigenvalue weighted by molar-refractivity contribution is 0.112. The average Bonchev–Trinajstić information content (AvgIpc) is 2.45. The highest BCUT2D eigenvalue weighted by molar-refractivity contribution is 5.80. The van der Waals surface area contributed by atoms with Crippen LogP contribution in [0, 0.1) is 0 Å². The van der Waals surface area contributed by atoms with E-state index in [-0.39, 0.29) is 24.5 Å². The molecule has 0 unspecified atom stereocenters. The van der Waals surface area contributed by atoms with Crippen LogP contribution in [0.4, 0.5) is 0 Å². The molecule has 0 saturated heterocycles. The molecule has 1 aromatic rings. The smallest absolute Gasteiger partial charge is 0.153 e. The number of hydrogen-bond acceptors (Lipinski definition) is 4. The van der Waals surface area contributed by atoms with Crippen LogP contribution < -0.4 is 0 Å². The lowest BCUT2D eigenvalue weighted by Gasteiger charge is -2.09. The molecule has 0 aliphatic heterocycles. The molecule has 0 fully saturated rings. The van der Waals surface area contributed by atoms with Crippen LogP contribution in [0.3, 0.4) is 0 Å². The maximum absolute atomic E-state index is 10.8. The summed E-state index contributed by atoms with van der Waals surface area (Å²) in [5.41, 5.74) is 1.87. The van der Waals surface area contributed by atoms with E-state index in [1.807, 2.05) is 6.07 Å². The molecular weight excluding hydrogens is 256 g/mol. The van der Waals surface area contributed by atoms with Gasteiger partial charge in [0.15, 0.2) is 6.29 Å². The van der Waals surface area contributed by atoms with Crippen LogP contribution in [0.5, 0.6) is 5.75 Å². The molecule has 0 saturated carbocycles. The van der Waals surface area contributed by atoms with Crippen LogP contribution in [0.2, 0.25) is 0 Å². The van der Waals surface area contributed by atoms with Gasteiger partial charge in [0.25, 0.3) is 0 Å². The lowest BCUT2D eigenvalue weighted by atomic mass is 9.99. The molecule has 0 spiro atoms. The van der Waals surface area contributed by atoms with Gasteiger partial charge in [-0.3, -0.25) is 4.79 Å². The Morgan fingerprint density at radius 1 is 1.05 bits per heavy atom. The van der Waals surface area contributed by atoms with Gasteiger partial charge in [0, 0.05) is 13.2 Å². The molecular formula is C16H26O4. The zero-order valence-electron chi connectivity index (χ0n) is 12.4. The molecule has 4 heteroatoms. The Balaban J connectivity index is 0.00000110. The van der Waals surface area contributed by atoms with Crippen molar-refractivity contribution in [2.24, 2.45) is 0 Å². The van der Waals surface area contributed by atoms with Gasteiger partial charge in [0.05, 0.1) is 5.56 Å². The van der Waals surface area contributed by atoms with Crippen LogP contribution >= 0.6 is 0 Å². The van der Waals surface area contributed by atoms with Crippen molar-refractivity contribution >= 4 is 6.29 Å². The Hall–Kier alpha value is -1.39. The maximum Gasteiger partial charge on any atom is 0.153 e. The molecule has 4 nitrogen and oxygen atoms in total. The lowest BCUT2D eigenvalue weighted by Crippen LogP contribution is -1.98. The first-order valence-electron chi connectivity index (χ1n) is 7.16. The molecule has 3 N–H and O–H groups in total. The number of aldehydes is 1. The fourth-order valence-electron chi connectivity index (χ4n) is 1.76. The number of phenolic OH excluding ortho intramolecular Hbond substituents is 1. The number of aromatic hydroxyl groups is 1. The molecule has 0 bridgehead atoms. The summed E-state index contributed by atoms with van der Waals surface area (Å²) in [5, 5.41) is 27.3. The number of carbonyl (C=O) groups is 1. The first-order chi connectivity index (χ1) is 9.64. The van der Waals surface area contributed by atoms with E-state index >= 15 is 0 Å². The van der Waals surface area contributed by atoms with Crippen molar-refractivity contribution in [3.05, 3.63) is 28.8 Å². The summed E-state index contributed by atoms with van der Waals surface area (Å²) < 4.78 is 0. The molecule has 0 radical (unpaired) electrons. The largest absolute Gasteiger partial charge is 0.507 e. The first-order valence-corrected chi connectivity index (χ1v) is 7.16. The van der Waals surface area contributed by atoms with E-state index in [0.29, 0.717) is 37.5 Å². The van der Waals surface area contributed by atoms with Crippen LogP contribution in [-0.4, -0.2) is 34.8 Å². The first kappa shape index (κ1) is 18.6. The number of rotatable bonds is 7. The number of phenols is 1. The quantitative estimate of drug-likeness (QED) is 0.671. The minimum absolute atomic E-state index is 0.00111. The van der Waals surface area contributed by atoms with E-state index in [2.05, 4.69) is 13.8 Å². The predicted molar refractivity (Wildman–Crippen MR) is 80.3 cm³/mol. The summed E-state index contributed by atoms with van der Waals surface area (Å²) in [4.78, 5) is 10.8. The van der Waals surface area contributed by atoms with Crippen LogP contribution in [0.25, 0.3) is 0 Å². The average molecular weight is 282 g/mol. The fraction of sp³-hybridized carbons (Fsp3) is 0.562. The highest BCUT2D eigenvalue weighted by Crippen LogP contribution is 2.25. The van der Waals surface area contributed by atoms with Crippen molar-refractivity contribution in [1.29, 1.82) is 0 Å². The van der Waals surface area contributed by atoms with Crippen molar-refractivity contribution < 1.29 is 20.1 Å². The minimum atomic E-state index is 0.00111.